The summed E-state index contributed by atoms with van der Waals surface area (Å²) in [5, 5.41) is 9.45. The average molecular weight is 325 g/mol. The van der Waals surface area contributed by atoms with Gasteiger partial charge in [0.1, 0.15) is 0 Å². The molecule has 0 aliphatic carbocycles. The Balaban J connectivity index is 1.84. The van der Waals surface area contributed by atoms with Crippen LogP contribution in [0.1, 0.15) is 39.5 Å². The van der Waals surface area contributed by atoms with Crippen molar-refractivity contribution in [1.82, 2.24) is 15.1 Å². The van der Waals surface area contributed by atoms with Gasteiger partial charge in [0.2, 0.25) is 0 Å². The zero-order valence-corrected chi connectivity index (χ0v) is 14.2. The minimum atomic E-state index is -0.0950. The highest BCUT2D eigenvalue weighted by Crippen LogP contribution is 2.22. The number of aryl methyl sites for hydroxylation is 1. The van der Waals surface area contributed by atoms with Crippen LogP contribution in [0.5, 0.6) is 0 Å². The van der Waals surface area contributed by atoms with Gasteiger partial charge in [0.15, 0.2) is 0 Å². The lowest BCUT2D eigenvalue weighted by Crippen LogP contribution is -2.26. The van der Waals surface area contributed by atoms with Gasteiger partial charge >= 0.3 is 0 Å². The van der Waals surface area contributed by atoms with E-state index in [1.807, 2.05) is 60.4 Å². The molecule has 0 aliphatic rings. The third kappa shape index (κ3) is 3.05. The molecule has 1 atom stereocenters. The maximum atomic E-state index is 12.2. The molecule has 4 nitrogen and oxygen atoms in total. The number of hydrogen-bond acceptors (Lipinski definition) is 3. The summed E-state index contributed by atoms with van der Waals surface area (Å²) < 4.78 is 1.93. The molecule has 2 aromatic heterocycles. The number of para-hydroxylation sites is 1. The third-order valence-corrected chi connectivity index (χ3v) is 4.82. The van der Waals surface area contributed by atoms with Gasteiger partial charge in [-0.15, -0.1) is 11.3 Å². The molecule has 0 saturated heterocycles. The van der Waals surface area contributed by atoms with E-state index in [9.17, 15) is 4.79 Å². The van der Waals surface area contributed by atoms with Crippen LogP contribution in [-0.4, -0.2) is 15.7 Å². The smallest absolute Gasteiger partial charge is 0.261 e. The van der Waals surface area contributed by atoms with Gasteiger partial charge < -0.3 is 5.32 Å². The van der Waals surface area contributed by atoms with Gasteiger partial charge in [0, 0.05) is 11.3 Å². The topological polar surface area (TPSA) is 46.9 Å². The van der Waals surface area contributed by atoms with E-state index in [2.05, 4.69) is 23.4 Å². The Morgan fingerprint density at radius 1 is 1.22 bits per heavy atom. The Kier molecular flexibility index (Phi) is 4.30. The largest absolute Gasteiger partial charge is 0.345 e. The highest BCUT2D eigenvalue weighted by atomic mass is 32.1. The van der Waals surface area contributed by atoms with Crippen molar-refractivity contribution in [3.05, 3.63) is 69.7 Å². The molecule has 0 unspecified atom stereocenters. The van der Waals surface area contributed by atoms with Gasteiger partial charge in [0.05, 0.1) is 22.8 Å². The first-order valence-corrected chi connectivity index (χ1v) is 8.41. The molecule has 5 heteroatoms. The molecule has 0 fully saturated rings. The quantitative estimate of drug-likeness (QED) is 0.787. The highest BCUT2D eigenvalue weighted by Gasteiger charge is 2.17. The fraction of sp³-hybridized carbons (Fsp3) is 0.222. The first-order valence-electron chi connectivity index (χ1n) is 7.53. The minimum absolute atomic E-state index is 0.0458. The van der Waals surface area contributed by atoms with Crippen molar-refractivity contribution in [3.8, 4) is 5.69 Å². The van der Waals surface area contributed by atoms with Gasteiger partial charge in [-0.3, -0.25) is 4.79 Å². The number of benzene rings is 1. The highest BCUT2D eigenvalue weighted by molar-refractivity contribution is 7.12. The predicted octanol–water partition coefficient (Wildman–Crippen LogP) is 4.04. The van der Waals surface area contributed by atoms with Gasteiger partial charge in [0.25, 0.3) is 5.91 Å². The summed E-state index contributed by atoms with van der Waals surface area (Å²) in [5.41, 5.74) is 4.30. The molecular weight excluding hydrogens is 306 g/mol. The lowest BCUT2D eigenvalue weighted by atomic mass is 10.1. The predicted molar refractivity (Wildman–Crippen MR) is 93.2 cm³/mol. The van der Waals surface area contributed by atoms with Crippen molar-refractivity contribution in [3.63, 3.8) is 0 Å². The van der Waals surface area contributed by atoms with E-state index in [0.717, 1.165) is 21.8 Å². The number of hydrogen-bond donors (Lipinski definition) is 1. The zero-order valence-electron chi connectivity index (χ0n) is 13.4. The number of amides is 1. The summed E-state index contributed by atoms with van der Waals surface area (Å²) in [6.07, 6.45) is 1.83. The number of nitrogens with one attached hydrogen (secondary N) is 1. The fourth-order valence-electron chi connectivity index (χ4n) is 2.64. The summed E-state index contributed by atoms with van der Waals surface area (Å²) in [5.74, 6) is -0.0458. The molecule has 0 spiro atoms. The first-order chi connectivity index (χ1) is 11.1. The second-order valence-electron chi connectivity index (χ2n) is 5.56. The van der Waals surface area contributed by atoms with Crippen molar-refractivity contribution in [1.29, 1.82) is 0 Å². The molecule has 1 aromatic carbocycles. The van der Waals surface area contributed by atoms with E-state index in [1.54, 1.807) is 0 Å². The van der Waals surface area contributed by atoms with Crippen LogP contribution >= 0.6 is 11.3 Å². The standard InChI is InChI=1S/C18H19N3OS/c1-12-7-4-5-8-16(12)21-14(3)15(11-19-21)13(2)20-18(22)17-9-6-10-23-17/h4-11,13H,1-3H3,(H,20,22)/t13-/m1/s1. The zero-order chi connectivity index (χ0) is 16.4. The maximum Gasteiger partial charge on any atom is 0.261 e. The van der Waals surface area contributed by atoms with Crippen molar-refractivity contribution < 1.29 is 4.79 Å². The van der Waals surface area contributed by atoms with E-state index in [-0.39, 0.29) is 11.9 Å². The lowest BCUT2D eigenvalue weighted by Gasteiger charge is -2.14. The molecule has 1 N–H and O–H groups in total. The summed E-state index contributed by atoms with van der Waals surface area (Å²) >= 11 is 1.44. The van der Waals surface area contributed by atoms with Gasteiger partial charge in [-0.1, -0.05) is 24.3 Å². The van der Waals surface area contributed by atoms with Crippen LogP contribution in [0.2, 0.25) is 0 Å². The lowest BCUT2D eigenvalue weighted by molar-refractivity contribution is 0.0944. The second kappa shape index (κ2) is 6.38. The molecule has 23 heavy (non-hydrogen) atoms. The van der Waals surface area contributed by atoms with Crippen LogP contribution in [0.3, 0.4) is 0 Å². The Morgan fingerprint density at radius 2 is 2.00 bits per heavy atom. The van der Waals surface area contributed by atoms with Crippen LogP contribution in [0, 0.1) is 13.8 Å². The van der Waals surface area contributed by atoms with Crippen molar-refractivity contribution in [2.45, 2.75) is 26.8 Å². The molecule has 3 rings (SSSR count). The molecule has 1 amide bonds. The fourth-order valence-corrected chi connectivity index (χ4v) is 3.27. The van der Waals surface area contributed by atoms with E-state index in [0.29, 0.717) is 0 Å². The van der Waals surface area contributed by atoms with E-state index in [4.69, 9.17) is 0 Å². The third-order valence-electron chi connectivity index (χ3n) is 3.95. The van der Waals surface area contributed by atoms with E-state index in [1.165, 1.54) is 16.9 Å². The summed E-state index contributed by atoms with van der Waals surface area (Å²) in [4.78, 5) is 12.9. The maximum absolute atomic E-state index is 12.2. The Morgan fingerprint density at radius 3 is 2.70 bits per heavy atom. The Bertz CT molecular complexity index is 821. The minimum Gasteiger partial charge on any atom is -0.345 e. The summed E-state index contributed by atoms with van der Waals surface area (Å²) in [7, 11) is 0. The molecule has 0 aliphatic heterocycles. The first kappa shape index (κ1) is 15.5. The summed E-state index contributed by atoms with van der Waals surface area (Å²) in [6, 6.07) is 11.8. The molecule has 0 radical (unpaired) electrons. The van der Waals surface area contributed by atoms with Gasteiger partial charge in [-0.05, 0) is 43.8 Å². The Hall–Kier alpha value is -2.40. The molecular formula is C18H19N3OS. The van der Waals surface area contributed by atoms with Gasteiger partial charge in [-0.2, -0.15) is 5.10 Å². The van der Waals surface area contributed by atoms with E-state index >= 15 is 0 Å². The molecule has 2 heterocycles. The van der Waals surface area contributed by atoms with Crippen LogP contribution in [0.25, 0.3) is 5.69 Å². The number of nitrogens with zero attached hydrogens (tertiary/aromatic N) is 2. The van der Waals surface area contributed by atoms with Gasteiger partial charge in [-0.25, -0.2) is 4.68 Å². The number of carbonyl (C=O) groups is 1. The normalized spacial score (nSPS) is 12.1. The van der Waals surface area contributed by atoms with Crippen LogP contribution in [0.4, 0.5) is 0 Å². The number of aromatic nitrogens is 2. The monoisotopic (exact) mass is 325 g/mol. The number of rotatable bonds is 4. The number of carbonyl (C=O) groups excluding carboxylic acids is 1. The summed E-state index contributed by atoms with van der Waals surface area (Å²) in [6.45, 7) is 6.08. The molecule has 118 valence electrons. The van der Waals surface area contributed by atoms with E-state index < -0.39 is 0 Å². The Labute approximate surface area is 139 Å². The van der Waals surface area contributed by atoms with Crippen molar-refractivity contribution in [2.24, 2.45) is 0 Å². The number of thiophene rings is 1. The second-order valence-corrected chi connectivity index (χ2v) is 6.50. The average Bonchev–Trinajstić information content (AvgIpc) is 3.17. The van der Waals surface area contributed by atoms with Crippen molar-refractivity contribution in [2.75, 3.05) is 0 Å². The van der Waals surface area contributed by atoms with Crippen molar-refractivity contribution >= 4 is 17.2 Å². The molecule has 3 aromatic rings. The van der Waals surface area contributed by atoms with Crippen LogP contribution in [-0.2, 0) is 0 Å². The SMILES string of the molecule is Cc1ccccc1-n1ncc([C@@H](C)NC(=O)c2cccs2)c1C. The van der Waals surface area contributed by atoms with Crippen LogP contribution in [0.15, 0.2) is 48.0 Å². The molecule has 0 bridgehead atoms. The molecule has 0 saturated carbocycles. The van der Waals surface area contributed by atoms with Crippen LogP contribution < -0.4 is 5.32 Å².